The molecule has 0 atom stereocenters. The number of rotatable bonds is 5. The van der Waals surface area contributed by atoms with Crippen molar-refractivity contribution in [2.45, 2.75) is 13.5 Å². The van der Waals surface area contributed by atoms with Crippen LogP contribution in [0.15, 0.2) is 46.9 Å². The van der Waals surface area contributed by atoms with Crippen LogP contribution in [0.25, 0.3) is 11.0 Å². The molecule has 3 rings (SSSR count). The highest BCUT2D eigenvalue weighted by Gasteiger charge is 2.19. The van der Waals surface area contributed by atoms with E-state index in [1.54, 1.807) is 32.2 Å². The van der Waals surface area contributed by atoms with Crippen LogP contribution >= 0.6 is 0 Å². The van der Waals surface area contributed by atoms with Crippen LogP contribution in [0.4, 0.5) is 0 Å². The molecule has 5 nitrogen and oxygen atoms in total. The number of furan rings is 1. The van der Waals surface area contributed by atoms with Gasteiger partial charge in [0.15, 0.2) is 0 Å². The second-order valence-electron chi connectivity index (χ2n) is 5.13. The van der Waals surface area contributed by atoms with Gasteiger partial charge in [-0.3, -0.25) is 0 Å². The predicted molar refractivity (Wildman–Crippen MR) is 85.2 cm³/mol. The molecule has 1 heterocycles. The number of fused-ring (bicyclic) bond motifs is 1. The standard InChI is InChI=1S/C18H16O5/c1-11-16-14(4-3-5-15(16)23-17(11)18(19)20)22-10-12-6-8-13(21-2)9-7-12/h3-9H,10H2,1-2H3,(H,19,20). The largest absolute Gasteiger partial charge is 0.497 e. The Morgan fingerprint density at radius 1 is 1.17 bits per heavy atom. The van der Waals surface area contributed by atoms with Crippen molar-refractivity contribution in [3.05, 3.63) is 59.4 Å². The molecule has 0 bridgehead atoms. The second-order valence-corrected chi connectivity index (χ2v) is 5.13. The first-order chi connectivity index (χ1) is 11.1. The molecule has 0 fully saturated rings. The number of carbonyl (C=O) groups is 1. The maximum atomic E-state index is 11.2. The Hall–Kier alpha value is -2.95. The molecule has 118 valence electrons. The van der Waals surface area contributed by atoms with Crippen molar-refractivity contribution in [3.8, 4) is 11.5 Å². The summed E-state index contributed by atoms with van der Waals surface area (Å²) in [6.45, 7) is 2.09. The summed E-state index contributed by atoms with van der Waals surface area (Å²) in [4.78, 5) is 11.2. The van der Waals surface area contributed by atoms with Crippen molar-refractivity contribution in [1.82, 2.24) is 0 Å². The van der Waals surface area contributed by atoms with Gasteiger partial charge in [-0.2, -0.15) is 0 Å². The number of aryl methyl sites for hydroxylation is 1. The molecule has 0 aliphatic rings. The molecule has 0 unspecified atom stereocenters. The predicted octanol–water partition coefficient (Wildman–Crippen LogP) is 4.03. The molecule has 1 aromatic heterocycles. The molecule has 0 saturated carbocycles. The molecule has 0 amide bonds. The number of benzene rings is 2. The molecule has 0 saturated heterocycles. The fourth-order valence-electron chi connectivity index (χ4n) is 2.47. The van der Waals surface area contributed by atoms with Gasteiger partial charge in [0.05, 0.1) is 12.5 Å². The van der Waals surface area contributed by atoms with Gasteiger partial charge in [0, 0.05) is 5.56 Å². The van der Waals surface area contributed by atoms with Crippen LogP contribution in [0, 0.1) is 6.92 Å². The maximum Gasteiger partial charge on any atom is 0.372 e. The Morgan fingerprint density at radius 3 is 2.57 bits per heavy atom. The number of aromatic carboxylic acids is 1. The van der Waals surface area contributed by atoms with E-state index in [0.717, 1.165) is 11.3 Å². The number of methoxy groups -OCH3 is 1. The highest BCUT2D eigenvalue weighted by molar-refractivity contribution is 5.97. The lowest BCUT2D eigenvalue weighted by molar-refractivity contribution is 0.0664. The topological polar surface area (TPSA) is 68.9 Å². The Labute approximate surface area is 133 Å². The van der Waals surface area contributed by atoms with Crippen LogP contribution in [0.2, 0.25) is 0 Å². The summed E-state index contributed by atoms with van der Waals surface area (Å²) in [6.07, 6.45) is 0. The van der Waals surface area contributed by atoms with Crippen LogP contribution in [0.1, 0.15) is 21.7 Å². The molecule has 23 heavy (non-hydrogen) atoms. The van der Waals surface area contributed by atoms with E-state index in [4.69, 9.17) is 19.0 Å². The minimum Gasteiger partial charge on any atom is -0.497 e. The van der Waals surface area contributed by atoms with Crippen LogP contribution in [0.3, 0.4) is 0 Å². The summed E-state index contributed by atoms with van der Waals surface area (Å²) in [5.74, 6) is 0.250. The first-order valence-corrected chi connectivity index (χ1v) is 7.11. The normalized spacial score (nSPS) is 10.7. The zero-order valence-electron chi connectivity index (χ0n) is 12.8. The van der Waals surface area contributed by atoms with Gasteiger partial charge >= 0.3 is 5.97 Å². The number of hydrogen-bond acceptors (Lipinski definition) is 4. The van der Waals surface area contributed by atoms with E-state index in [1.165, 1.54) is 0 Å². The number of carboxylic acids is 1. The Kier molecular flexibility index (Phi) is 3.93. The number of carboxylic acid groups (broad SMARTS) is 1. The lowest BCUT2D eigenvalue weighted by Gasteiger charge is -2.08. The smallest absolute Gasteiger partial charge is 0.372 e. The quantitative estimate of drug-likeness (QED) is 0.770. The monoisotopic (exact) mass is 312 g/mol. The molecule has 0 aliphatic heterocycles. The number of hydrogen-bond donors (Lipinski definition) is 1. The fourth-order valence-corrected chi connectivity index (χ4v) is 2.47. The van der Waals surface area contributed by atoms with Gasteiger partial charge in [-0.1, -0.05) is 18.2 Å². The minimum atomic E-state index is -1.08. The third-order valence-electron chi connectivity index (χ3n) is 3.66. The first kappa shape index (κ1) is 15.0. The lowest BCUT2D eigenvalue weighted by atomic mass is 10.1. The van der Waals surface area contributed by atoms with Gasteiger partial charge in [-0.15, -0.1) is 0 Å². The zero-order chi connectivity index (χ0) is 16.4. The average molecular weight is 312 g/mol. The molecule has 0 radical (unpaired) electrons. The van der Waals surface area contributed by atoms with Crippen LogP contribution in [-0.4, -0.2) is 18.2 Å². The van der Waals surface area contributed by atoms with Gasteiger partial charge in [-0.05, 0) is 36.8 Å². The fraction of sp³-hybridized carbons (Fsp3) is 0.167. The lowest BCUT2D eigenvalue weighted by Crippen LogP contribution is -1.97. The van der Waals surface area contributed by atoms with Crippen molar-refractivity contribution in [1.29, 1.82) is 0 Å². The van der Waals surface area contributed by atoms with Crippen LogP contribution < -0.4 is 9.47 Å². The van der Waals surface area contributed by atoms with E-state index >= 15 is 0 Å². The van der Waals surface area contributed by atoms with Crippen molar-refractivity contribution >= 4 is 16.9 Å². The van der Waals surface area contributed by atoms with Gasteiger partial charge in [-0.25, -0.2) is 4.79 Å². The molecule has 0 spiro atoms. The minimum absolute atomic E-state index is 0.0551. The molecule has 1 N–H and O–H groups in total. The summed E-state index contributed by atoms with van der Waals surface area (Å²) in [5, 5.41) is 9.86. The second kappa shape index (κ2) is 6.04. The van der Waals surface area contributed by atoms with E-state index in [2.05, 4.69) is 0 Å². The first-order valence-electron chi connectivity index (χ1n) is 7.11. The van der Waals surface area contributed by atoms with Crippen molar-refractivity contribution in [2.24, 2.45) is 0 Å². The highest BCUT2D eigenvalue weighted by Crippen LogP contribution is 2.33. The molecule has 5 heteroatoms. The van der Waals surface area contributed by atoms with Gasteiger partial charge in [0.2, 0.25) is 5.76 Å². The van der Waals surface area contributed by atoms with E-state index in [9.17, 15) is 4.79 Å². The number of ether oxygens (including phenoxy) is 2. The molecule has 2 aromatic carbocycles. The Morgan fingerprint density at radius 2 is 1.91 bits per heavy atom. The molecule has 3 aromatic rings. The van der Waals surface area contributed by atoms with Crippen molar-refractivity contribution < 1.29 is 23.8 Å². The van der Waals surface area contributed by atoms with E-state index in [1.807, 2.05) is 24.3 Å². The highest BCUT2D eigenvalue weighted by atomic mass is 16.5. The van der Waals surface area contributed by atoms with Crippen molar-refractivity contribution in [3.63, 3.8) is 0 Å². The SMILES string of the molecule is COc1ccc(COc2cccc3oc(C(=O)O)c(C)c23)cc1. The summed E-state index contributed by atoms with van der Waals surface area (Å²) in [7, 11) is 1.62. The summed E-state index contributed by atoms with van der Waals surface area (Å²) >= 11 is 0. The van der Waals surface area contributed by atoms with Crippen molar-refractivity contribution in [2.75, 3.05) is 7.11 Å². The summed E-state index contributed by atoms with van der Waals surface area (Å²) < 4.78 is 16.4. The zero-order valence-corrected chi connectivity index (χ0v) is 12.8. The molecule has 0 aliphatic carbocycles. The van der Waals surface area contributed by atoms with Gasteiger partial charge in [0.1, 0.15) is 23.7 Å². The Bertz CT molecular complexity index is 846. The van der Waals surface area contributed by atoms with E-state index in [0.29, 0.717) is 28.9 Å². The van der Waals surface area contributed by atoms with Crippen LogP contribution in [0.5, 0.6) is 11.5 Å². The average Bonchev–Trinajstić information content (AvgIpc) is 2.91. The maximum absolute atomic E-state index is 11.2. The molecular formula is C18H16O5. The Balaban J connectivity index is 1.89. The third kappa shape index (κ3) is 2.85. The molecular weight excluding hydrogens is 296 g/mol. The van der Waals surface area contributed by atoms with E-state index < -0.39 is 5.97 Å². The third-order valence-corrected chi connectivity index (χ3v) is 3.66. The van der Waals surface area contributed by atoms with E-state index in [-0.39, 0.29) is 5.76 Å². The summed E-state index contributed by atoms with van der Waals surface area (Å²) in [5.41, 5.74) is 2.06. The van der Waals surface area contributed by atoms with Gasteiger partial charge < -0.3 is 19.0 Å². The van der Waals surface area contributed by atoms with Crippen LogP contribution in [-0.2, 0) is 6.61 Å². The summed E-state index contributed by atoms with van der Waals surface area (Å²) in [6, 6.07) is 12.9. The van der Waals surface area contributed by atoms with Gasteiger partial charge in [0.25, 0.3) is 0 Å².